The van der Waals surface area contributed by atoms with E-state index in [-0.39, 0.29) is 21.9 Å². The average molecular weight is 403 g/mol. The van der Waals surface area contributed by atoms with Crippen molar-refractivity contribution < 1.29 is 21.0 Å². The second kappa shape index (κ2) is 7.24. The molecule has 0 saturated heterocycles. The molecule has 1 N–H and O–H groups in total. The first kappa shape index (κ1) is 19.6. The predicted molar refractivity (Wildman–Crippen MR) is 96.5 cm³/mol. The SMILES string of the molecule is CS(=O)(=O)c1ccccc1CNS(=O)(=O)N=S(C)(=O)c1ccccc1. The van der Waals surface area contributed by atoms with E-state index in [0.29, 0.717) is 0 Å². The lowest BCUT2D eigenvalue weighted by atomic mass is 10.2. The van der Waals surface area contributed by atoms with Crippen molar-refractivity contribution in [3.63, 3.8) is 0 Å². The van der Waals surface area contributed by atoms with Gasteiger partial charge in [-0.3, -0.25) is 0 Å². The van der Waals surface area contributed by atoms with Gasteiger partial charge in [0.2, 0.25) is 0 Å². The molecule has 0 bridgehead atoms. The van der Waals surface area contributed by atoms with Gasteiger partial charge in [0, 0.05) is 24.0 Å². The van der Waals surface area contributed by atoms with Crippen LogP contribution in [0.25, 0.3) is 0 Å². The van der Waals surface area contributed by atoms with Gasteiger partial charge < -0.3 is 0 Å². The van der Waals surface area contributed by atoms with Crippen molar-refractivity contribution in [1.29, 1.82) is 0 Å². The topological polar surface area (TPSA) is 110 Å². The average Bonchev–Trinajstić information content (AvgIpc) is 2.52. The van der Waals surface area contributed by atoms with E-state index in [2.05, 4.69) is 8.49 Å². The van der Waals surface area contributed by atoms with E-state index < -0.39 is 29.8 Å². The van der Waals surface area contributed by atoms with Crippen LogP contribution in [0.15, 0.2) is 68.2 Å². The van der Waals surface area contributed by atoms with Gasteiger partial charge in [0.1, 0.15) is 0 Å². The summed E-state index contributed by atoms with van der Waals surface area (Å²) in [5.74, 6) is 0. The summed E-state index contributed by atoms with van der Waals surface area (Å²) in [4.78, 5) is 0.315. The molecule has 0 spiro atoms. The zero-order valence-electron chi connectivity index (χ0n) is 13.6. The summed E-state index contributed by atoms with van der Waals surface area (Å²) in [5, 5.41) is 0. The third-order valence-corrected chi connectivity index (χ3v) is 8.01. The van der Waals surface area contributed by atoms with Crippen LogP contribution in [0.3, 0.4) is 0 Å². The molecule has 0 aliphatic heterocycles. The fraction of sp³-hybridized carbons (Fsp3) is 0.200. The molecule has 1 unspecified atom stereocenters. The van der Waals surface area contributed by atoms with Gasteiger partial charge in [-0.2, -0.15) is 13.1 Å². The molecule has 2 aromatic carbocycles. The molecule has 1 atom stereocenters. The Kier molecular flexibility index (Phi) is 5.67. The number of hydrogen-bond acceptors (Lipinski definition) is 5. The number of nitrogens with zero attached hydrogens (tertiary/aromatic N) is 1. The molecule has 0 aliphatic rings. The van der Waals surface area contributed by atoms with Gasteiger partial charge in [-0.15, -0.1) is 0 Å². The third-order valence-electron chi connectivity index (χ3n) is 3.24. The summed E-state index contributed by atoms with van der Waals surface area (Å²) >= 11 is 0. The quantitative estimate of drug-likeness (QED) is 0.789. The van der Waals surface area contributed by atoms with Crippen LogP contribution in [0, 0.1) is 0 Å². The van der Waals surface area contributed by atoms with E-state index in [1.165, 1.54) is 30.5 Å². The van der Waals surface area contributed by atoms with Gasteiger partial charge in [-0.25, -0.2) is 12.6 Å². The van der Waals surface area contributed by atoms with Crippen molar-refractivity contribution in [2.45, 2.75) is 16.3 Å². The van der Waals surface area contributed by atoms with Crippen LogP contribution >= 0.6 is 0 Å². The minimum atomic E-state index is -4.24. The van der Waals surface area contributed by atoms with Crippen LogP contribution in [0.5, 0.6) is 0 Å². The molecule has 0 saturated carbocycles. The zero-order valence-corrected chi connectivity index (χ0v) is 16.1. The molecular weight excluding hydrogens is 384 g/mol. The molecule has 2 rings (SSSR count). The fourth-order valence-corrected chi connectivity index (χ4v) is 6.11. The van der Waals surface area contributed by atoms with Gasteiger partial charge in [0.05, 0.1) is 14.6 Å². The van der Waals surface area contributed by atoms with Gasteiger partial charge in [0.25, 0.3) is 0 Å². The molecule has 0 heterocycles. The van der Waals surface area contributed by atoms with Crippen LogP contribution in [0.4, 0.5) is 0 Å². The highest BCUT2D eigenvalue weighted by molar-refractivity contribution is 8.02. The lowest BCUT2D eigenvalue weighted by Gasteiger charge is -2.09. The molecule has 2 aromatic rings. The maximum Gasteiger partial charge on any atom is 0.328 e. The van der Waals surface area contributed by atoms with Crippen molar-refractivity contribution in [2.75, 3.05) is 12.5 Å². The van der Waals surface area contributed by atoms with Crippen molar-refractivity contribution in [1.82, 2.24) is 4.72 Å². The van der Waals surface area contributed by atoms with Crippen LogP contribution in [-0.4, -0.2) is 33.6 Å². The smallest absolute Gasteiger partial charge is 0.244 e. The number of rotatable bonds is 6. The molecule has 0 radical (unpaired) electrons. The van der Waals surface area contributed by atoms with Gasteiger partial charge in [-0.1, -0.05) is 40.2 Å². The first-order chi connectivity index (χ1) is 11.5. The minimum Gasteiger partial charge on any atom is -0.244 e. The van der Waals surface area contributed by atoms with Gasteiger partial charge in [-0.05, 0) is 23.8 Å². The van der Waals surface area contributed by atoms with E-state index >= 15 is 0 Å². The Morgan fingerprint density at radius 2 is 1.40 bits per heavy atom. The van der Waals surface area contributed by atoms with E-state index in [9.17, 15) is 21.0 Å². The summed E-state index contributed by atoms with van der Waals surface area (Å²) < 4.78 is 66.0. The van der Waals surface area contributed by atoms with Crippen molar-refractivity contribution in [3.05, 3.63) is 60.2 Å². The van der Waals surface area contributed by atoms with Crippen LogP contribution in [-0.2, 0) is 36.3 Å². The van der Waals surface area contributed by atoms with E-state index in [1.807, 2.05) is 0 Å². The van der Waals surface area contributed by atoms with E-state index in [0.717, 1.165) is 6.26 Å². The summed E-state index contributed by atoms with van der Waals surface area (Å²) in [7, 11) is -10.9. The first-order valence-electron chi connectivity index (χ1n) is 7.07. The Bertz CT molecular complexity index is 1080. The largest absolute Gasteiger partial charge is 0.328 e. The molecule has 10 heteroatoms. The van der Waals surface area contributed by atoms with Crippen molar-refractivity contribution in [3.8, 4) is 0 Å². The lowest BCUT2D eigenvalue weighted by Crippen LogP contribution is -2.23. The Morgan fingerprint density at radius 3 is 2.00 bits per heavy atom. The second-order valence-electron chi connectivity index (χ2n) is 5.37. The number of benzene rings is 2. The van der Waals surface area contributed by atoms with Crippen LogP contribution in [0.1, 0.15) is 5.56 Å². The predicted octanol–water partition coefficient (Wildman–Crippen LogP) is 1.58. The zero-order chi connectivity index (χ0) is 18.7. The van der Waals surface area contributed by atoms with Gasteiger partial charge in [0.15, 0.2) is 9.84 Å². The van der Waals surface area contributed by atoms with Gasteiger partial charge >= 0.3 is 10.2 Å². The summed E-state index contributed by atoms with van der Waals surface area (Å²) in [5.41, 5.74) is 0.283. The lowest BCUT2D eigenvalue weighted by molar-refractivity contribution is 0.581. The Balaban J connectivity index is 2.30. The maximum absolute atomic E-state index is 12.6. The molecular formula is C15H18N2O5S3. The Labute approximate surface area is 148 Å². The Hall–Kier alpha value is -1.75. The number of nitrogens with one attached hydrogen (secondary N) is 1. The van der Waals surface area contributed by atoms with Crippen LogP contribution in [0.2, 0.25) is 0 Å². The number of sulfone groups is 1. The Morgan fingerprint density at radius 1 is 0.840 bits per heavy atom. The summed E-state index contributed by atoms with van der Waals surface area (Å²) in [6.07, 6.45) is 2.27. The molecule has 136 valence electrons. The fourth-order valence-electron chi connectivity index (χ4n) is 2.11. The normalized spacial score (nSPS) is 14.6. The number of hydrogen-bond donors (Lipinski definition) is 1. The molecule has 0 aromatic heterocycles. The van der Waals surface area contributed by atoms with E-state index in [4.69, 9.17) is 0 Å². The summed E-state index contributed by atoms with van der Waals surface area (Å²) in [6, 6.07) is 14.1. The first-order valence-corrected chi connectivity index (χ1v) is 12.3. The molecule has 7 nitrogen and oxygen atoms in total. The van der Waals surface area contributed by atoms with Crippen molar-refractivity contribution >= 4 is 29.8 Å². The highest BCUT2D eigenvalue weighted by atomic mass is 32.3. The standard InChI is InChI=1S/C15H18N2O5S3/c1-23(18,14-9-4-3-5-10-14)17-25(21,22)16-12-13-8-6-7-11-15(13)24(2,19)20/h3-11,16H,12H2,1-2H3. The summed E-state index contributed by atoms with van der Waals surface area (Å²) in [6.45, 7) is -0.278. The van der Waals surface area contributed by atoms with Crippen molar-refractivity contribution in [2.24, 2.45) is 3.77 Å². The second-order valence-corrected chi connectivity index (χ2v) is 11.3. The molecule has 0 amide bonds. The molecule has 0 fully saturated rings. The monoisotopic (exact) mass is 402 g/mol. The van der Waals surface area contributed by atoms with Crippen LogP contribution < -0.4 is 4.72 Å². The third kappa shape index (κ3) is 5.36. The van der Waals surface area contributed by atoms with E-state index in [1.54, 1.807) is 30.3 Å². The highest BCUT2D eigenvalue weighted by Crippen LogP contribution is 2.16. The maximum atomic E-state index is 12.6. The molecule has 0 aliphatic carbocycles. The molecule has 25 heavy (non-hydrogen) atoms. The minimum absolute atomic E-state index is 0.0259. The highest BCUT2D eigenvalue weighted by Gasteiger charge is 2.17.